The highest BCUT2D eigenvalue weighted by Crippen LogP contribution is 2.45. The second kappa shape index (κ2) is 8.08. The Morgan fingerprint density at radius 2 is 1.73 bits per heavy atom. The molecule has 2 aliphatic rings. The molecule has 2 aliphatic heterocycles. The summed E-state index contributed by atoms with van der Waals surface area (Å²) >= 11 is 5.61. The summed E-state index contributed by atoms with van der Waals surface area (Å²) in [7, 11) is 1.91. The smallest absolute Gasteiger partial charge is 0.306 e. The SMILES string of the molecule is [C-]#[N+]c1ccc(N2C(=O)C3(CCN(C)CC3)N(c3ccc(C)c(F)c3)C2=S)cc1C(F)(F)F. The average Bonchev–Trinajstić information content (AvgIpc) is 2.97. The fourth-order valence-corrected chi connectivity index (χ4v) is 4.86. The van der Waals surface area contributed by atoms with Gasteiger partial charge in [-0.3, -0.25) is 9.69 Å². The van der Waals surface area contributed by atoms with E-state index in [9.17, 15) is 22.4 Å². The number of benzene rings is 2. The number of carbonyl (C=O) groups is 1. The third kappa shape index (κ3) is 3.75. The first-order chi connectivity index (χ1) is 15.5. The summed E-state index contributed by atoms with van der Waals surface area (Å²) in [6, 6.07) is 7.63. The lowest BCUT2D eigenvalue weighted by molar-refractivity contribution is -0.136. The van der Waals surface area contributed by atoms with Crippen LogP contribution in [-0.4, -0.2) is 41.6 Å². The lowest BCUT2D eigenvalue weighted by atomic mass is 9.85. The lowest BCUT2D eigenvalue weighted by Gasteiger charge is -2.41. The number of thiocarbonyl (C=S) groups is 1. The van der Waals surface area contributed by atoms with Gasteiger partial charge in [0.05, 0.1) is 12.1 Å². The highest BCUT2D eigenvalue weighted by atomic mass is 32.1. The summed E-state index contributed by atoms with van der Waals surface area (Å²) in [4.78, 5) is 21.5. The van der Waals surface area contributed by atoms with Gasteiger partial charge in [0.1, 0.15) is 11.4 Å². The Morgan fingerprint density at radius 1 is 1.09 bits per heavy atom. The number of alkyl halides is 3. The number of hydrogen-bond donors (Lipinski definition) is 0. The standard InChI is InChI=1S/C23H20F4N4OS/c1-14-4-5-16(13-18(14)24)31-21(33)30(20(32)22(31)8-10-29(3)11-9-22)15-6-7-19(28-2)17(12-15)23(25,26)27/h4-7,12-13H,8-11H2,1,3H3. The molecule has 5 nitrogen and oxygen atoms in total. The Morgan fingerprint density at radius 3 is 2.30 bits per heavy atom. The van der Waals surface area contributed by atoms with Crippen LogP contribution in [0.15, 0.2) is 36.4 Å². The van der Waals surface area contributed by atoms with E-state index in [0.717, 1.165) is 17.0 Å². The normalized spacial score (nSPS) is 18.8. The van der Waals surface area contributed by atoms with Crippen LogP contribution in [0.1, 0.15) is 24.0 Å². The van der Waals surface area contributed by atoms with Gasteiger partial charge in [0.2, 0.25) is 0 Å². The van der Waals surface area contributed by atoms with Crippen molar-refractivity contribution >= 4 is 40.3 Å². The Bertz CT molecular complexity index is 1180. The zero-order valence-corrected chi connectivity index (χ0v) is 18.7. The largest absolute Gasteiger partial charge is 0.407 e. The maximum absolute atomic E-state index is 14.4. The third-order valence-corrected chi connectivity index (χ3v) is 6.67. The summed E-state index contributed by atoms with van der Waals surface area (Å²) in [6.45, 7) is 9.80. The van der Waals surface area contributed by atoms with Crippen LogP contribution in [0, 0.1) is 19.3 Å². The molecule has 0 radical (unpaired) electrons. The van der Waals surface area contributed by atoms with Crippen LogP contribution >= 0.6 is 12.2 Å². The van der Waals surface area contributed by atoms with E-state index in [0.29, 0.717) is 37.2 Å². The van der Waals surface area contributed by atoms with Crippen molar-refractivity contribution in [1.29, 1.82) is 0 Å². The first kappa shape index (κ1) is 23.1. The predicted octanol–water partition coefficient (Wildman–Crippen LogP) is 5.31. The molecule has 0 aliphatic carbocycles. The lowest BCUT2D eigenvalue weighted by Crippen LogP contribution is -2.56. The summed E-state index contributed by atoms with van der Waals surface area (Å²) in [6.07, 6.45) is -4.02. The molecule has 4 rings (SSSR count). The van der Waals surface area contributed by atoms with Crippen LogP contribution in [0.5, 0.6) is 0 Å². The summed E-state index contributed by atoms with van der Waals surface area (Å²) in [5.74, 6) is -0.921. The van der Waals surface area contributed by atoms with E-state index in [2.05, 4.69) is 4.85 Å². The molecule has 0 bridgehead atoms. The molecule has 2 aromatic rings. The number of aryl methyl sites for hydroxylation is 1. The van der Waals surface area contributed by atoms with Crippen LogP contribution in [0.3, 0.4) is 0 Å². The van der Waals surface area contributed by atoms with Gasteiger partial charge in [-0.25, -0.2) is 9.24 Å². The molecule has 2 heterocycles. The summed E-state index contributed by atoms with van der Waals surface area (Å²) in [5.41, 5.74) is -2.11. The number of rotatable bonds is 2. The molecule has 1 spiro atoms. The molecule has 0 unspecified atom stereocenters. The Balaban J connectivity index is 1.86. The minimum atomic E-state index is -4.77. The first-order valence-electron chi connectivity index (χ1n) is 10.2. The molecular weight excluding hydrogens is 456 g/mol. The number of amides is 1. The minimum Gasteiger partial charge on any atom is -0.306 e. The van der Waals surface area contributed by atoms with E-state index in [1.165, 1.54) is 12.1 Å². The summed E-state index contributed by atoms with van der Waals surface area (Å²) in [5, 5.41) is -0.0171. The molecule has 1 amide bonds. The van der Waals surface area contributed by atoms with E-state index in [1.807, 2.05) is 11.9 Å². The molecule has 172 valence electrons. The van der Waals surface area contributed by atoms with Gasteiger partial charge >= 0.3 is 6.18 Å². The molecule has 10 heteroatoms. The predicted molar refractivity (Wildman–Crippen MR) is 121 cm³/mol. The van der Waals surface area contributed by atoms with Crippen molar-refractivity contribution in [2.24, 2.45) is 0 Å². The topological polar surface area (TPSA) is 31.2 Å². The van der Waals surface area contributed by atoms with Crippen molar-refractivity contribution in [3.63, 3.8) is 0 Å². The van der Waals surface area contributed by atoms with Crippen molar-refractivity contribution < 1.29 is 22.4 Å². The number of hydrogen-bond acceptors (Lipinski definition) is 3. The molecule has 0 N–H and O–H groups in total. The molecule has 0 saturated carbocycles. The van der Waals surface area contributed by atoms with Gasteiger partial charge in [-0.2, -0.15) is 13.2 Å². The second-order valence-electron chi connectivity index (χ2n) is 8.34. The first-order valence-corrected chi connectivity index (χ1v) is 10.6. The van der Waals surface area contributed by atoms with Crippen molar-refractivity contribution in [3.8, 4) is 0 Å². The van der Waals surface area contributed by atoms with Crippen molar-refractivity contribution in [3.05, 3.63) is 64.8 Å². The van der Waals surface area contributed by atoms with Gasteiger partial charge in [-0.1, -0.05) is 12.1 Å². The molecule has 2 saturated heterocycles. The highest BCUT2D eigenvalue weighted by molar-refractivity contribution is 7.81. The van der Waals surface area contributed by atoms with Crippen molar-refractivity contribution in [2.45, 2.75) is 31.5 Å². The van der Waals surface area contributed by atoms with E-state index in [4.69, 9.17) is 18.8 Å². The van der Waals surface area contributed by atoms with E-state index in [1.54, 1.807) is 24.0 Å². The summed E-state index contributed by atoms with van der Waals surface area (Å²) < 4.78 is 55.2. The maximum Gasteiger partial charge on any atom is 0.407 e. The van der Waals surface area contributed by atoms with E-state index >= 15 is 0 Å². The molecule has 0 aromatic heterocycles. The van der Waals surface area contributed by atoms with Gasteiger partial charge in [0, 0.05) is 24.5 Å². The molecule has 0 atom stereocenters. The molecule has 33 heavy (non-hydrogen) atoms. The molecule has 2 fully saturated rings. The van der Waals surface area contributed by atoms with Crippen LogP contribution in [0.4, 0.5) is 34.6 Å². The van der Waals surface area contributed by atoms with E-state index in [-0.39, 0.29) is 10.8 Å². The van der Waals surface area contributed by atoms with Crippen LogP contribution in [-0.2, 0) is 11.0 Å². The fourth-order valence-electron chi connectivity index (χ4n) is 4.39. The molecule has 2 aromatic carbocycles. The van der Waals surface area contributed by atoms with Crippen LogP contribution in [0.25, 0.3) is 4.85 Å². The number of anilines is 2. The minimum absolute atomic E-state index is 0.0171. The van der Waals surface area contributed by atoms with Crippen LogP contribution < -0.4 is 9.80 Å². The zero-order chi connectivity index (χ0) is 24.1. The monoisotopic (exact) mass is 476 g/mol. The Kier molecular flexibility index (Phi) is 5.66. The third-order valence-electron chi connectivity index (χ3n) is 6.30. The van der Waals surface area contributed by atoms with Gasteiger partial charge in [-0.05, 0) is 68.9 Å². The van der Waals surface area contributed by atoms with E-state index < -0.39 is 34.7 Å². The number of carbonyl (C=O) groups excluding carboxylic acids is 1. The quantitative estimate of drug-likeness (QED) is 0.334. The average molecular weight is 476 g/mol. The fraction of sp³-hybridized carbons (Fsp3) is 0.348. The van der Waals surface area contributed by atoms with Crippen molar-refractivity contribution in [1.82, 2.24) is 4.90 Å². The zero-order valence-electron chi connectivity index (χ0n) is 17.9. The number of halogens is 4. The van der Waals surface area contributed by atoms with Gasteiger partial charge in [0.15, 0.2) is 10.8 Å². The van der Waals surface area contributed by atoms with Gasteiger partial charge < -0.3 is 9.80 Å². The highest BCUT2D eigenvalue weighted by Gasteiger charge is 2.57. The second-order valence-corrected chi connectivity index (χ2v) is 8.70. The number of piperidine rings is 1. The van der Waals surface area contributed by atoms with Crippen LogP contribution in [0.2, 0.25) is 0 Å². The maximum atomic E-state index is 14.4. The number of likely N-dealkylation sites (tertiary alicyclic amines) is 1. The Labute approximate surface area is 194 Å². The molecular formula is C23H20F4N4OS. The number of nitrogens with zero attached hydrogens (tertiary/aromatic N) is 4. The van der Waals surface area contributed by atoms with Crippen molar-refractivity contribution in [2.75, 3.05) is 29.9 Å². The van der Waals surface area contributed by atoms with Gasteiger partial charge in [-0.15, -0.1) is 0 Å². The van der Waals surface area contributed by atoms with Gasteiger partial charge in [0.25, 0.3) is 5.91 Å². The Hall–Kier alpha value is -3.03.